The minimum atomic E-state index is -0.161. The molecule has 1 aromatic carbocycles. The van der Waals surface area contributed by atoms with Crippen molar-refractivity contribution in [3.63, 3.8) is 0 Å². The molecule has 2 aromatic rings. The number of benzene rings is 1. The van der Waals surface area contributed by atoms with Gasteiger partial charge in [0.25, 0.3) is 5.91 Å². The van der Waals surface area contributed by atoms with E-state index in [-0.39, 0.29) is 23.1 Å². The smallest absolute Gasteiger partial charge is 0.289 e. The summed E-state index contributed by atoms with van der Waals surface area (Å²) < 4.78 is 5.22. The van der Waals surface area contributed by atoms with E-state index in [1.165, 1.54) is 11.8 Å². The fraction of sp³-hybridized carbons (Fsp3) is 0.478. The molecule has 5 nitrogen and oxygen atoms in total. The minimum absolute atomic E-state index is 0.0943. The highest BCUT2D eigenvalue weighted by molar-refractivity contribution is 5.92. The number of carbonyl (C=O) groups is 2. The number of hydrogen-bond donors (Lipinski definition) is 0. The molecule has 0 radical (unpaired) electrons. The average Bonchev–Trinajstić information content (AvgIpc) is 3.21. The van der Waals surface area contributed by atoms with E-state index in [1.54, 1.807) is 21.9 Å². The molecular weight excluding hydrogens is 352 g/mol. The predicted octanol–water partition coefficient (Wildman–Crippen LogP) is 4.09. The van der Waals surface area contributed by atoms with E-state index in [2.05, 4.69) is 45.0 Å². The summed E-state index contributed by atoms with van der Waals surface area (Å²) in [7, 11) is 1.84. The van der Waals surface area contributed by atoms with Crippen LogP contribution in [-0.4, -0.2) is 41.8 Å². The van der Waals surface area contributed by atoms with Gasteiger partial charge in [-0.1, -0.05) is 45.0 Å². The van der Waals surface area contributed by atoms with Crippen LogP contribution < -0.4 is 0 Å². The van der Waals surface area contributed by atoms with Gasteiger partial charge in [0, 0.05) is 26.7 Å². The maximum Gasteiger partial charge on any atom is 0.289 e. The monoisotopic (exact) mass is 382 g/mol. The third kappa shape index (κ3) is 4.64. The molecule has 1 aromatic heterocycles. The molecule has 1 atom stereocenters. The van der Waals surface area contributed by atoms with Crippen molar-refractivity contribution < 1.29 is 14.0 Å². The zero-order chi connectivity index (χ0) is 20.3. The lowest BCUT2D eigenvalue weighted by molar-refractivity contribution is -0.136. The highest BCUT2D eigenvalue weighted by atomic mass is 16.3. The van der Waals surface area contributed by atoms with E-state index in [0.717, 1.165) is 18.4 Å². The van der Waals surface area contributed by atoms with Crippen molar-refractivity contribution in [2.24, 2.45) is 5.92 Å². The Labute approximate surface area is 167 Å². The highest BCUT2D eigenvalue weighted by Gasteiger charge is 2.31. The van der Waals surface area contributed by atoms with Crippen LogP contribution >= 0.6 is 0 Å². The van der Waals surface area contributed by atoms with Crippen LogP contribution in [0.1, 0.15) is 55.3 Å². The zero-order valence-corrected chi connectivity index (χ0v) is 17.3. The topological polar surface area (TPSA) is 53.8 Å². The van der Waals surface area contributed by atoms with Gasteiger partial charge in [0.15, 0.2) is 5.76 Å². The predicted molar refractivity (Wildman–Crippen MR) is 109 cm³/mol. The second-order valence-corrected chi connectivity index (χ2v) is 8.71. The van der Waals surface area contributed by atoms with Gasteiger partial charge >= 0.3 is 0 Å². The standard InChI is InChI=1S/C23H30N2O3/c1-23(2,3)19-11-9-17(10-12-19)15-24(4)21(26)18-7-5-13-25(16-18)22(27)20-8-6-14-28-20/h6,8-12,14,18H,5,7,13,15-16H2,1-4H3. The molecular formula is C23H30N2O3. The first-order chi connectivity index (χ1) is 13.3. The molecule has 2 heterocycles. The summed E-state index contributed by atoms with van der Waals surface area (Å²) in [4.78, 5) is 29.0. The first-order valence-corrected chi connectivity index (χ1v) is 9.93. The number of likely N-dealkylation sites (tertiary alicyclic amines) is 1. The third-order valence-electron chi connectivity index (χ3n) is 5.41. The SMILES string of the molecule is CN(Cc1ccc(C(C)(C)C)cc1)C(=O)C1CCCN(C(=O)c2ccco2)C1. The molecule has 1 unspecified atom stereocenters. The third-order valence-corrected chi connectivity index (χ3v) is 5.41. The number of carbonyl (C=O) groups excluding carboxylic acids is 2. The lowest BCUT2D eigenvalue weighted by Gasteiger charge is -2.33. The van der Waals surface area contributed by atoms with Crippen LogP contribution in [0.25, 0.3) is 0 Å². The Kier molecular flexibility index (Phi) is 5.92. The summed E-state index contributed by atoms with van der Waals surface area (Å²) in [6.45, 7) is 8.27. The van der Waals surface area contributed by atoms with Crippen molar-refractivity contribution in [2.45, 2.75) is 45.6 Å². The molecule has 0 aliphatic carbocycles. The Bertz CT molecular complexity index is 803. The van der Waals surface area contributed by atoms with Crippen LogP contribution in [0.3, 0.4) is 0 Å². The first-order valence-electron chi connectivity index (χ1n) is 9.93. The van der Waals surface area contributed by atoms with Gasteiger partial charge < -0.3 is 14.2 Å². The normalized spacial score (nSPS) is 17.4. The average molecular weight is 383 g/mol. The van der Waals surface area contributed by atoms with E-state index in [4.69, 9.17) is 4.42 Å². The van der Waals surface area contributed by atoms with Crippen molar-refractivity contribution >= 4 is 11.8 Å². The van der Waals surface area contributed by atoms with Gasteiger partial charge in [-0.25, -0.2) is 0 Å². The van der Waals surface area contributed by atoms with Crippen LogP contribution in [0, 0.1) is 5.92 Å². The second-order valence-electron chi connectivity index (χ2n) is 8.71. The summed E-state index contributed by atoms with van der Waals surface area (Å²) in [5.41, 5.74) is 2.51. The van der Waals surface area contributed by atoms with Gasteiger partial charge in [0.05, 0.1) is 12.2 Å². The number of hydrogen-bond acceptors (Lipinski definition) is 3. The van der Waals surface area contributed by atoms with Crippen LogP contribution in [0.4, 0.5) is 0 Å². The number of nitrogens with zero attached hydrogens (tertiary/aromatic N) is 2. The van der Waals surface area contributed by atoms with Crippen LogP contribution in [0.2, 0.25) is 0 Å². The summed E-state index contributed by atoms with van der Waals surface area (Å²) in [5.74, 6) is 0.131. The van der Waals surface area contributed by atoms with E-state index >= 15 is 0 Å². The van der Waals surface area contributed by atoms with Crippen molar-refractivity contribution in [1.29, 1.82) is 0 Å². The Balaban J connectivity index is 1.60. The summed E-state index contributed by atoms with van der Waals surface area (Å²) >= 11 is 0. The zero-order valence-electron chi connectivity index (χ0n) is 17.3. The Morgan fingerprint density at radius 3 is 2.50 bits per heavy atom. The second kappa shape index (κ2) is 8.21. The van der Waals surface area contributed by atoms with Crippen molar-refractivity contribution in [3.8, 4) is 0 Å². The molecule has 3 rings (SSSR count). The molecule has 1 aliphatic rings. The quantitative estimate of drug-likeness (QED) is 0.800. The number of piperidine rings is 1. The molecule has 0 saturated carbocycles. The molecule has 1 fully saturated rings. The maximum atomic E-state index is 12.9. The lowest BCUT2D eigenvalue weighted by atomic mass is 9.87. The van der Waals surface area contributed by atoms with Crippen molar-refractivity contribution in [1.82, 2.24) is 9.80 Å². The van der Waals surface area contributed by atoms with Gasteiger partial charge in [-0.3, -0.25) is 9.59 Å². The highest BCUT2D eigenvalue weighted by Crippen LogP contribution is 2.24. The van der Waals surface area contributed by atoms with Gasteiger partial charge in [-0.05, 0) is 41.5 Å². The van der Waals surface area contributed by atoms with Gasteiger partial charge in [0.2, 0.25) is 5.91 Å². The molecule has 5 heteroatoms. The largest absolute Gasteiger partial charge is 0.459 e. The van der Waals surface area contributed by atoms with Gasteiger partial charge in [0.1, 0.15) is 0 Å². The van der Waals surface area contributed by atoms with Crippen LogP contribution in [-0.2, 0) is 16.8 Å². The Morgan fingerprint density at radius 1 is 1.18 bits per heavy atom. The fourth-order valence-electron chi connectivity index (χ4n) is 3.69. The number of amides is 2. The molecule has 0 bridgehead atoms. The van der Waals surface area contributed by atoms with E-state index < -0.39 is 0 Å². The maximum absolute atomic E-state index is 12.9. The fourth-order valence-corrected chi connectivity index (χ4v) is 3.69. The number of furan rings is 1. The molecule has 2 amide bonds. The summed E-state index contributed by atoms with van der Waals surface area (Å²) in [5, 5.41) is 0. The Morgan fingerprint density at radius 2 is 1.89 bits per heavy atom. The molecule has 150 valence electrons. The lowest BCUT2D eigenvalue weighted by Crippen LogP contribution is -2.45. The van der Waals surface area contributed by atoms with Crippen LogP contribution in [0.5, 0.6) is 0 Å². The first kappa shape index (κ1) is 20.2. The van der Waals surface area contributed by atoms with E-state index in [1.807, 2.05) is 7.05 Å². The summed E-state index contributed by atoms with van der Waals surface area (Å²) in [6, 6.07) is 11.8. The van der Waals surface area contributed by atoms with Crippen LogP contribution in [0.15, 0.2) is 47.1 Å². The molecule has 28 heavy (non-hydrogen) atoms. The van der Waals surface area contributed by atoms with Gasteiger partial charge in [-0.2, -0.15) is 0 Å². The van der Waals surface area contributed by atoms with E-state index in [0.29, 0.717) is 25.4 Å². The van der Waals surface area contributed by atoms with Crippen molar-refractivity contribution in [3.05, 3.63) is 59.5 Å². The van der Waals surface area contributed by atoms with Gasteiger partial charge in [-0.15, -0.1) is 0 Å². The number of rotatable bonds is 4. The minimum Gasteiger partial charge on any atom is -0.459 e. The van der Waals surface area contributed by atoms with Crippen molar-refractivity contribution in [2.75, 3.05) is 20.1 Å². The molecule has 0 spiro atoms. The molecule has 0 N–H and O–H groups in total. The Hall–Kier alpha value is -2.56. The molecule has 1 aliphatic heterocycles. The van der Waals surface area contributed by atoms with E-state index in [9.17, 15) is 9.59 Å². The summed E-state index contributed by atoms with van der Waals surface area (Å²) in [6.07, 6.45) is 3.14. The molecule has 1 saturated heterocycles.